The topological polar surface area (TPSA) is 75.1 Å². The van der Waals surface area contributed by atoms with Crippen LogP contribution in [-0.4, -0.2) is 27.1 Å². The summed E-state index contributed by atoms with van der Waals surface area (Å²) in [7, 11) is 0. The number of anilines is 1. The van der Waals surface area contributed by atoms with E-state index < -0.39 is 29.9 Å². The highest BCUT2D eigenvalue weighted by molar-refractivity contribution is 5.75. The molecular weight excluding hydrogens is 196 g/mol. The summed E-state index contributed by atoms with van der Waals surface area (Å²) in [6.45, 7) is 1.30. The van der Waals surface area contributed by atoms with E-state index in [0.717, 1.165) is 0 Å². The van der Waals surface area contributed by atoms with Crippen molar-refractivity contribution in [2.75, 3.05) is 5.32 Å². The molecule has 14 heavy (non-hydrogen) atoms. The molecule has 0 aromatic carbocycles. The molecule has 0 spiro atoms. The maximum Gasteiger partial charge on any atom is 0.325 e. The molecule has 0 amide bonds. The average Bonchev–Trinajstić information content (AvgIpc) is 2.01. The van der Waals surface area contributed by atoms with Crippen LogP contribution in [0.25, 0.3) is 0 Å². The van der Waals surface area contributed by atoms with Gasteiger partial charge in [0.2, 0.25) is 17.8 Å². The Balaban J connectivity index is 2.81. The van der Waals surface area contributed by atoms with Gasteiger partial charge in [0.25, 0.3) is 0 Å². The molecule has 0 fully saturated rings. The van der Waals surface area contributed by atoms with Crippen LogP contribution in [0.5, 0.6) is 0 Å². The van der Waals surface area contributed by atoms with E-state index in [2.05, 4.69) is 15.3 Å². The molecular formula is C7H7F2N3O2. The summed E-state index contributed by atoms with van der Waals surface area (Å²) in [6.07, 6.45) is 0. The number of rotatable bonds is 3. The molecule has 0 bridgehead atoms. The number of nitrogens with zero attached hydrogens (tertiary/aromatic N) is 2. The van der Waals surface area contributed by atoms with Crippen molar-refractivity contribution in [1.29, 1.82) is 0 Å². The molecule has 0 unspecified atom stereocenters. The van der Waals surface area contributed by atoms with E-state index in [1.165, 1.54) is 6.92 Å². The Morgan fingerprint density at radius 1 is 1.50 bits per heavy atom. The zero-order chi connectivity index (χ0) is 10.7. The summed E-state index contributed by atoms with van der Waals surface area (Å²) in [5.41, 5.74) is 0. The minimum Gasteiger partial charge on any atom is -0.480 e. The van der Waals surface area contributed by atoms with Crippen molar-refractivity contribution in [3.8, 4) is 0 Å². The molecule has 7 heteroatoms. The molecule has 1 rings (SSSR count). The Labute approximate surface area is 77.8 Å². The van der Waals surface area contributed by atoms with Gasteiger partial charge >= 0.3 is 5.97 Å². The zero-order valence-corrected chi connectivity index (χ0v) is 7.16. The van der Waals surface area contributed by atoms with Gasteiger partial charge in [-0.1, -0.05) is 0 Å². The monoisotopic (exact) mass is 203 g/mol. The minimum atomic E-state index is -1.17. The molecule has 0 radical (unpaired) electrons. The number of nitrogens with one attached hydrogen (secondary N) is 1. The first kappa shape index (κ1) is 10.3. The van der Waals surface area contributed by atoms with Gasteiger partial charge in [-0.25, -0.2) is 0 Å². The molecule has 0 aliphatic rings. The lowest BCUT2D eigenvalue weighted by molar-refractivity contribution is -0.137. The molecule has 0 aliphatic heterocycles. The molecule has 1 aromatic rings. The minimum absolute atomic E-state index is 0.391. The molecule has 1 atom stereocenters. The second-order valence-corrected chi connectivity index (χ2v) is 2.54. The quantitative estimate of drug-likeness (QED) is 0.705. The van der Waals surface area contributed by atoms with E-state index in [-0.39, 0.29) is 0 Å². The normalized spacial score (nSPS) is 12.2. The van der Waals surface area contributed by atoms with Crippen molar-refractivity contribution in [3.05, 3.63) is 18.0 Å². The highest BCUT2D eigenvalue weighted by Gasteiger charge is 2.12. The largest absolute Gasteiger partial charge is 0.480 e. The van der Waals surface area contributed by atoms with Crippen LogP contribution in [0.4, 0.5) is 14.7 Å². The van der Waals surface area contributed by atoms with E-state index in [1.807, 2.05) is 0 Å². The van der Waals surface area contributed by atoms with Crippen LogP contribution in [0, 0.1) is 11.9 Å². The molecule has 76 valence electrons. The molecule has 5 nitrogen and oxygen atoms in total. The summed E-state index contributed by atoms with van der Waals surface area (Å²) in [5.74, 6) is -3.68. The Kier molecular flexibility index (Phi) is 2.90. The van der Waals surface area contributed by atoms with Crippen LogP contribution in [0.15, 0.2) is 6.07 Å². The smallest absolute Gasteiger partial charge is 0.325 e. The van der Waals surface area contributed by atoms with E-state index in [1.54, 1.807) is 0 Å². The standard InChI is InChI=1S/C7H7F2N3O2/c1-3(6(13)14)10-7-11-4(8)2-5(9)12-7/h2-3H,1H3,(H,13,14)(H,10,11,12)/t3-/m1/s1. The van der Waals surface area contributed by atoms with Gasteiger partial charge in [-0.05, 0) is 6.92 Å². The number of carboxylic acid groups (broad SMARTS) is 1. The van der Waals surface area contributed by atoms with Crippen molar-refractivity contribution in [2.24, 2.45) is 0 Å². The first-order valence-corrected chi connectivity index (χ1v) is 3.68. The summed E-state index contributed by atoms with van der Waals surface area (Å²) in [6, 6.07) is -0.521. The number of halogens is 2. The Hall–Kier alpha value is -1.79. The van der Waals surface area contributed by atoms with Crippen molar-refractivity contribution < 1.29 is 18.7 Å². The summed E-state index contributed by atoms with van der Waals surface area (Å²) in [4.78, 5) is 16.7. The summed E-state index contributed by atoms with van der Waals surface area (Å²) < 4.78 is 25.0. The van der Waals surface area contributed by atoms with E-state index in [4.69, 9.17) is 5.11 Å². The molecule has 1 aromatic heterocycles. The van der Waals surface area contributed by atoms with Gasteiger partial charge in [-0.2, -0.15) is 18.7 Å². The maximum absolute atomic E-state index is 12.5. The maximum atomic E-state index is 12.5. The van der Waals surface area contributed by atoms with Crippen molar-refractivity contribution in [3.63, 3.8) is 0 Å². The second kappa shape index (κ2) is 3.95. The van der Waals surface area contributed by atoms with Crippen LogP contribution < -0.4 is 5.32 Å². The third kappa shape index (κ3) is 2.61. The lowest BCUT2D eigenvalue weighted by atomic mass is 10.3. The zero-order valence-electron chi connectivity index (χ0n) is 7.16. The second-order valence-electron chi connectivity index (χ2n) is 2.54. The van der Waals surface area contributed by atoms with Crippen LogP contribution in [0.1, 0.15) is 6.92 Å². The molecule has 2 N–H and O–H groups in total. The van der Waals surface area contributed by atoms with Gasteiger partial charge < -0.3 is 10.4 Å². The van der Waals surface area contributed by atoms with Gasteiger partial charge in [0.05, 0.1) is 0 Å². The fraction of sp³-hybridized carbons (Fsp3) is 0.286. The molecule has 0 saturated heterocycles. The van der Waals surface area contributed by atoms with Gasteiger partial charge in [0, 0.05) is 6.07 Å². The van der Waals surface area contributed by atoms with Gasteiger partial charge in [-0.15, -0.1) is 0 Å². The predicted octanol–water partition coefficient (Wildman–Crippen LogP) is 0.640. The van der Waals surface area contributed by atoms with Crippen molar-refractivity contribution in [1.82, 2.24) is 9.97 Å². The first-order valence-electron chi connectivity index (χ1n) is 3.68. The third-order valence-electron chi connectivity index (χ3n) is 1.38. The lowest BCUT2D eigenvalue weighted by Gasteiger charge is -2.08. The Morgan fingerprint density at radius 3 is 2.43 bits per heavy atom. The van der Waals surface area contributed by atoms with E-state index >= 15 is 0 Å². The fourth-order valence-corrected chi connectivity index (χ4v) is 0.710. The van der Waals surface area contributed by atoms with Gasteiger partial charge in [-0.3, -0.25) is 4.79 Å². The van der Waals surface area contributed by atoms with Crippen molar-refractivity contribution in [2.45, 2.75) is 13.0 Å². The Bertz CT molecular complexity index is 339. The number of hydrogen-bond acceptors (Lipinski definition) is 4. The SMILES string of the molecule is C[C@@H](Nc1nc(F)cc(F)n1)C(=O)O. The summed E-state index contributed by atoms with van der Waals surface area (Å²) in [5, 5.41) is 10.7. The molecule has 1 heterocycles. The molecule has 0 saturated carbocycles. The average molecular weight is 203 g/mol. The Morgan fingerprint density at radius 2 is 2.00 bits per heavy atom. The van der Waals surface area contributed by atoms with Crippen LogP contribution in [-0.2, 0) is 4.79 Å². The lowest BCUT2D eigenvalue weighted by Crippen LogP contribution is -2.26. The van der Waals surface area contributed by atoms with Crippen LogP contribution in [0.3, 0.4) is 0 Å². The third-order valence-corrected chi connectivity index (χ3v) is 1.38. The molecule has 0 aliphatic carbocycles. The fourth-order valence-electron chi connectivity index (χ4n) is 0.710. The number of aromatic nitrogens is 2. The summed E-state index contributed by atoms with van der Waals surface area (Å²) >= 11 is 0. The number of aliphatic carboxylic acids is 1. The van der Waals surface area contributed by atoms with E-state index in [9.17, 15) is 13.6 Å². The van der Waals surface area contributed by atoms with Crippen LogP contribution in [0.2, 0.25) is 0 Å². The van der Waals surface area contributed by atoms with E-state index in [0.29, 0.717) is 6.07 Å². The number of hydrogen-bond donors (Lipinski definition) is 2. The number of carbonyl (C=O) groups is 1. The predicted molar refractivity (Wildman–Crippen MR) is 42.7 cm³/mol. The number of carboxylic acids is 1. The van der Waals surface area contributed by atoms with Crippen LogP contribution >= 0.6 is 0 Å². The van der Waals surface area contributed by atoms with Gasteiger partial charge in [0.1, 0.15) is 6.04 Å². The first-order chi connectivity index (χ1) is 6.49. The highest BCUT2D eigenvalue weighted by atomic mass is 19.1. The van der Waals surface area contributed by atoms with Crippen molar-refractivity contribution >= 4 is 11.9 Å². The van der Waals surface area contributed by atoms with Gasteiger partial charge in [0.15, 0.2) is 0 Å². The highest BCUT2D eigenvalue weighted by Crippen LogP contribution is 2.04.